The van der Waals surface area contributed by atoms with Crippen LogP contribution in [0.2, 0.25) is 5.02 Å². The molecule has 1 unspecified atom stereocenters. The maximum absolute atomic E-state index is 12.5. The monoisotopic (exact) mass is 462 g/mol. The molecule has 7 nitrogen and oxygen atoms in total. The van der Waals surface area contributed by atoms with Crippen LogP contribution in [0.1, 0.15) is 27.4 Å². The molecule has 0 radical (unpaired) electrons. The number of methoxy groups -OCH3 is 2. The van der Waals surface area contributed by atoms with E-state index in [1.807, 2.05) is 6.07 Å². The van der Waals surface area contributed by atoms with Crippen molar-refractivity contribution in [3.63, 3.8) is 0 Å². The number of hydrogen-bond donors (Lipinski definition) is 1. The second-order valence-corrected chi connectivity index (χ2v) is 7.57. The molecule has 0 spiro atoms. The average molecular weight is 463 g/mol. The number of hydrogen-bond acceptors (Lipinski definition) is 7. The molecule has 0 aliphatic carbocycles. The smallest absolute Gasteiger partial charge is 0.343 e. The Bertz CT molecular complexity index is 1300. The highest BCUT2D eigenvalue weighted by Crippen LogP contribution is 2.46. The Labute approximate surface area is 195 Å². The van der Waals surface area contributed by atoms with Crippen molar-refractivity contribution in [2.24, 2.45) is 5.73 Å². The van der Waals surface area contributed by atoms with E-state index in [-0.39, 0.29) is 17.2 Å². The van der Waals surface area contributed by atoms with Crippen LogP contribution in [0, 0.1) is 11.3 Å². The van der Waals surface area contributed by atoms with Crippen molar-refractivity contribution in [2.75, 3.05) is 14.2 Å². The quantitative estimate of drug-likeness (QED) is 0.429. The number of nitrogens with zero attached hydrogens (tertiary/aromatic N) is 1. The lowest BCUT2D eigenvalue weighted by Crippen LogP contribution is -2.21. The number of benzene rings is 3. The second-order valence-electron chi connectivity index (χ2n) is 7.13. The highest BCUT2D eigenvalue weighted by molar-refractivity contribution is 6.30. The molecule has 33 heavy (non-hydrogen) atoms. The highest BCUT2D eigenvalue weighted by atomic mass is 35.5. The van der Waals surface area contributed by atoms with Crippen molar-refractivity contribution in [3.05, 3.63) is 93.8 Å². The van der Waals surface area contributed by atoms with Gasteiger partial charge in [0.15, 0.2) is 0 Å². The van der Waals surface area contributed by atoms with Gasteiger partial charge in [-0.15, -0.1) is 0 Å². The lowest BCUT2D eigenvalue weighted by atomic mass is 9.83. The number of carbonyl (C=O) groups excluding carboxylic acids is 1. The minimum absolute atomic E-state index is 0.0333. The van der Waals surface area contributed by atoms with Gasteiger partial charge >= 0.3 is 5.97 Å². The molecule has 0 amide bonds. The molecule has 2 N–H and O–H groups in total. The summed E-state index contributed by atoms with van der Waals surface area (Å²) in [6.07, 6.45) is 0. The van der Waals surface area contributed by atoms with Crippen molar-refractivity contribution in [3.8, 4) is 29.1 Å². The van der Waals surface area contributed by atoms with Crippen LogP contribution < -0.4 is 24.7 Å². The molecule has 3 aromatic rings. The van der Waals surface area contributed by atoms with Crippen molar-refractivity contribution in [1.29, 1.82) is 5.26 Å². The van der Waals surface area contributed by atoms with Crippen LogP contribution in [0.4, 0.5) is 0 Å². The number of fused-ring (bicyclic) bond motifs is 1. The zero-order valence-corrected chi connectivity index (χ0v) is 18.6. The summed E-state index contributed by atoms with van der Waals surface area (Å²) in [5.41, 5.74) is 8.08. The van der Waals surface area contributed by atoms with Crippen LogP contribution >= 0.6 is 11.6 Å². The van der Waals surface area contributed by atoms with Gasteiger partial charge in [0.2, 0.25) is 5.88 Å². The van der Waals surface area contributed by atoms with E-state index in [1.54, 1.807) is 61.7 Å². The van der Waals surface area contributed by atoms with Crippen LogP contribution in [0.5, 0.6) is 23.0 Å². The van der Waals surface area contributed by atoms with Gasteiger partial charge in [-0.05, 0) is 36.4 Å². The fourth-order valence-corrected chi connectivity index (χ4v) is 3.75. The van der Waals surface area contributed by atoms with Gasteiger partial charge in [-0.2, -0.15) is 5.26 Å². The molecule has 0 saturated heterocycles. The summed E-state index contributed by atoms with van der Waals surface area (Å²) in [5.74, 6) is 0.665. The first kappa shape index (κ1) is 22.1. The Kier molecular flexibility index (Phi) is 6.11. The van der Waals surface area contributed by atoms with E-state index in [0.29, 0.717) is 39.0 Å². The number of ether oxygens (including phenoxy) is 4. The lowest BCUT2D eigenvalue weighted by molar-refractivity contribution is 0.0734. The molecule has 1 aliphatic heterocycles. The number of allylic oxidation sites excluding steroid dienone is 1. The SMILES string of the molecule is COc1ccc(C2C(C#N)=C(N)Oc3cc(OC(=O)c4ccc(Cl)cc4)ccc32)c(OC)c1. The normalized spacial score (nSPS) is 14.5. The minimum atomic E-state index is -0.544. The molecule has 1 heterocycles. The molecule has 4 rings (SSSR count). The largest absolute Gasteiger partial charge is 0.497 e. The van der Waals surface area contributed by atoms with E-state index in [1.165, 1.54) is 7.11 Å². The fourth-order valence-electron chi connectivity index (χ4n) is 3.63. The van der Waals surface area contributed by atoms with Crippen LogP contribution in [0.3, 0.4) is 0 Å². The predicted octanol–water partition coefficient (Wildman–Crippen LogP) is 4.79. The van der Waals surface area contributed by atoms with Gasteiger partial charge in [-0.3, -0.25) is 0 Å². The zero-order valence-electron chi connectivity index (χ0n) is 17.8. The minimum Gasteiger partial charge on any atom is -0.497 e. The van der Waals surface area contributed by atoms with Gasteiger partial charge < -0.3 is 24.7 Å². The van der Waals surface area contributed by atoms with Crippen LogP contribution in [0.25, 0.3) is 0 Å². The number of nitrogens with two attached hydrogens (primary N) is 1. The Balaban J connectivity index is 1.72. The molecule has 8 heteroatoms. The Morgan fingerprint density at radius 1 is 1.00 bits per heavy atom. The maximum atomic E-state index is 12.5. The Hall–Kier alpha value is -4.15. The van der Waals surface area contributed by atoms with Gasteiger partial charge in [-0.25, -0.2) is 4.79 Å². The van der Waals surface area contributed by atoms with E-state index < -0.39 is 11.9 Å². The van der Waals surface area contributed by atoms with E-state index in [2.05, 4.69) is 6.07 Å². The molecule has 166 valence electrons. The third-order valence-electron chi connectivity index (χ3n) is 5.23. The van der Waals surface area contributed by atoms with Crippen molar-refractivity contribution in [1.82, 2.24) is 0 Å². The van der Waals surface area contributed by atoms with E-state index in [4.69, 9.17) is 36.3 Å². The predicted molar refractivity (Wildman–Crippen MR) is 122 cm³/mol. The molecule has 0 bridgehead atoms. The van der Waals surface area contributed by atoms with Gasteiger partial charge in [0.1, 0.15) is 34.6 Å². The number of esters is 1. The van der Waals surface area contributed by atoms with Crippen LogP contribution in [0.15, 0.2) is 72.1 Å². The standard InChI is InChI=1S/C25H19ClN2O5/c1-30-16-7-9-18(21(11-16)31-2)23-19-10-8-17(12-22(19)33-24(28)20(23)13-27)32-25(29)14-3-5-15(26)6-4-14/h3-12,23H,28H2,1-2H3. The van der Waals surface area contributed by atoms with E-state index in [9.17, 15) is 10.1 Å². The molecular formula is C25H19ClN2O5. The number of carbonyl (C=O) groups is 1. The number of halogens is 1. The highest BCUT2D eigenvalue weighted by Gasteiger charge is 2.33. The number of rotatable bonds is 5. The summed E-state index contributed by atoms with van der Waals surface area (Å²) in [5, 5.41) is 10.3. The fraction of sp³-hybridized carbons (Fsp3) is 0.120. The second kappa shape index (κ2) is 9.15. The third kappa shape index (κ3) is 4.29. The van der Waals surface area contributed by atoms with Crippen LogP contribution in [-0.4, -0.2) is 20.2 Å². The summed E-state index contributed by atoms with van der Waals surface area (Å²) in [7, 11) is 3.10. The summed E-state index contributed by atoms with van der Waals surface area (Å²) in [6.45, 7) is 0. The molecule has 0 aromatic heterocycles. The third-order valence-corrected chi connectivity index (χ3v) is 5.48. The first-order valence-corrected chi connectivity index (χ1v) is 10.2. The zero-order chi connectivity index (χ0) is 23.5. The van der Waals surface area contributed by atoms with E-state index >= 15 is 0 Å². The van der Waals surface area contributed by atoms with E-state index in [0.717, 1.165) is 0 Å². The molecule has 3 aromatic carbocycles. The average Bonchev–Trinajstić information content (AvgIpc) is 2.83. The molecule has 0 saturated carbocycles. The molecule has 1 atom stereocenters. The van der Waals surface area contributed by atoms with Gasteiger partial charge in [0.05, 0.1) is 25.7 Å². The van der Waals surface area contributed by atoms with Gasteiger partial charge in [-0.1, -0.05) is 23.7 Å². The van der Waals surface area contributed by atoms with Crippen molar-refractivity contribution in [2.45, 2.75) is 5.92 Å². The maximum Gasteiger partial charge on any atom is 0.343 e. The van der Waals surface area contributed by atoms with Crippen LogP contribution in [-0.2, 0) is 0 Å². The molecule has 1 aliphatic rings. The van der Waals surface area contributed by atoms with Gasteiger partial charge in [0, 0.05) is 28.3 Å². The van der Waals surface area contributed by atoms with Crippen molar-refractivity contribution >= 4 is 17.6 Å². The number of nitriles is 1. The topological polar surface area (TPSA) is 104 Å². The first-order chi connectivity index (χ1) is 15.9. The van der Waals surface area contributed by atoms with Crippen molar-refractivity contribution < 1.29 is 23.7 Å². The Morgan fingerprint density at radius 3 is 2.36 bits per heavy atom. The first-order valence-electron chi connectivity index (χ1n) is 9.86. The summed E-state index contributed by atoms with van der Waals surface area (Å²) >= 11 is 5.87. The Morgan fingerprint density at radius 2 is 1.70 bits per heavy atom. The summed E-state index contributed by atoms with van der Waals surface area (Å²) in [4.78, 5) is 12.5. The van der Waals surface area contributed by atoms with Gasteiger partial charge in [0.25, 0.3) is 0 Å². The molecule has 0 fully saturated rings. The molecular weight excluding hydrogens is 444 g/mol. The summed E-state index contributed by atoms with van der Waals surface area (Å²) < 4.78 is 22.0. The summed E-state index contributed by atoms with van der Waals surface area (Å²) in [6, 6.07) is 18.8. The lowest BCUT2D eigenvalue weighted by Gasteiger charge is -2.27.